The van der Waals surface area contributed by atoms with Gasteiger partial charge in [0.1, 0.15) is 11.4 Å². The van der Waals surface area contributed by atoms with Crippen molar-refractivity contribution in [1.29, 1.82) is 0 Å². The van der Waals surface area contributed by atoms with E-state index in [2.05, 4.69) is 15.3 Å². The van der Waals surface area contributed by atoms with E-state index in [9.17, 15) is 9.18 Å². The summed E-state index contributed by atoms with van der Waals surface area (Å²) in [7, 11) is 0. The lowest BCUT2D eigenvalue weighted by molar-refractivity contribution is -0.128. The van der Waals surface area contributed by atoms with E-state index in [-0.39, 0.29) is 17.6 Å². The van der Waals surface area contributed by atoms with Gasteiger partial charge < -0.3 is 10.1 Å². The molecule has 2 aromatic rings. The van der Waals surface area contributed by atoms with Crippen LogP contribution in [0.15, 0.2) is 42.7 Å². The Morgan fingerprint density at radius 2 is 1.92 bits per heavy atom. The molecule has 1 unspecified atom stereocenters. The summed E-state index contributed by atoms with van der Waals surface area (Å²) in [5, 5.41) is 3.12. The van der Waals surface area contributed by atoms with Gasteiger partial charge in [-0.25, -0.2) is 14.4 Å². The lowest BCUT2D eigenvalue weighted by Gasteiger charge is -2.37. The summed E-state index contributed by atoms with van der Waals surface area (Å²) < 4.78 is 19.3. The highest BCUT2D eigenvalue weighted by Gasteiger charge is 2.39. The van der Waals surface area contributed by atoms with E-state index in [0.717, 1.165) is 0 Å². The maximum absolute atomic E-state index is 13.8. The van der Waals surface area contributed by atoms with Crippen LogP contribution < -0.4 is 5.32 Å². The molecule has 25 heavy (non-hydrogen) atoms. The van der Waals surface area contributed by atoms with Crippen LogP contribution in [-0.2, 0) is 21.5 Å². The fourth-order valence-electron chi connectivity index (χ4n) is 3.12. The topological polar surface area (TPSA) is 64.1 Å². The molecule has 132 valence electrons. The second-order valence-electron chi connectivity index (χ2n) is 6.45. The molecule has 0 saturated carbocycles. The van der Waals surface area contributed by atoms with Gasteiger partial charge in [-0.05, 0) is 24.1 Å². The molecule has 1 aliphatic heterocycles. The van der Waals surface area contributed by atoms with Gasteiger partial charge in [-0.15, -0.1) is 0 Å². The van der Waals surface area contributed by atoms with E-state index in [1.165, 1.54) is 6.07 Å². The van der Waals surface area contributed by atoms with Crippen molar-refractivity contribution in [3.63, 3.8) is 0 Å². The molecule has 0 radical (unpaired) electrons. The van der Waals surface area contributed by atoms with Crippen LogP contribution in [0.25, 0.3) is 0 Å². The highest BCUT2D eigenvalue weighted by molar-refractivity contribution is 5.79. The molecule has 3 rings (SSSR count). The summed E-state index contributed by atoms with van der Waals surface area (Å²) in [6, 6.07) is 8.30. The molecule has 1 aliphatic rings. The zero-order chi connectivity index (χ0) is 17.7. The van der Waals surface area contributed by atoms with Gasteiger partial charge >= 0.3 is 0 Å². The minimum absolute atomic E-state index is 0.127. The molecular weight excluding hydrogens is 321 g/mol. The summed E-state index contributed by atoms with van der Waals surface area (Å²) in [5.41, 5.74) is -0.0813. The fourth-order valence-corrected chi connectivity index (χ4v) is 3.12. The van der Waals surface area contributed by atoms with Crippen LogP contribution in [0.2, 0.25) is 0 Å². The molecule has 0 bridgehead atoms. The van der Waals surface area contributed by atoms with Gasteiger partial charge in [-0.2, -0.15) is 0 Å². The van der Waals surface area contributed by atoms with Crippen molar-refractivity contribution < 1.29 is 13.9 Å². The molecule has 2 heterocycles. The largest absolute Gasteiger partial charge is 0.381 e. The summed E-state index contributed by atoms with van der Waals surface area (Å²) >= 11 is 0. The van der Waals surface area contributed by atoms with Gasteiger partial charge in [0.15, 0.2) is 5.82 Å². The Hall–Kier alpha value is -2.34. The summed E-state index contributed by atoms with van der Waals surface area (Å²) in [5.74, 6) is -0.169. The molecule has 5 nitrogen and oxygen atoms in total. The number of rotatable bonds is 5. The molecule has 1 atom stereocenters. The molecular formula is C19H22FN3O2. The van der Waals surface area contributed by atoms with Gasteiger partial charge in [-0.1, -0.05) is 25.1 Å². The second kappa shape index (κ2) is 7.70. The lowest BCUT2D eigenvalue weighted by atomic mass is 9.87. The first-order chi connectivity index (χ1) is 12.1. The smallest absolute Gasteiger partial charge is 0.223 e. The van der Waals surface area contributed by atoms with E-state index in [0.29, 0.717) is 43.9 Å². The number of nitrogens with zero attached hydrogens (tertiary/aromatic N) is 2. The highest BCUT2D eigenvalue weighted by atomic mass is 19.1. The number of halogens is 1. The Kier molecular flexibility index (Phi) is 5.38. The first-order valence-electron chi connectivity index (χ1n) is 8.51. The molecule has 0 aliphatic carbocycles. The zero-order valence-electron chi connectivity index (χ0n) is 14.2. The van der Waals surface area contributed by atoms with Crippen LogP contribution in [0.3, 0.4) is 0 Å². The van der Waals surface area contributed by atoms with Crippen molar-refractivity contribution in [2.75, 3.05) is 13.2 Å². The Balaban J connectivity index is 1.75. The Bertz CT molecular complexity index is 718. The maximum Gasteiger partial charge on any atom is 0.223 e. The quantitative estimate of drug-likeness (QED) is 0.906. The molecule has 1 aromatic heterocycles. The van der Waals surface area contributed by atoms with Crippen molar-refractivity contribution in [1.82, 2.24) is 15.3 Å². The molecule has 1 amide bonds. The van der Waals surface area contributed by atoms with E-state index < -0.39 is 5.54 Å². The van der Waals surface area contributed by atoms with Gasteiger partial charge in [-0.3, -0.25) is 4.79 Å². The zero-order valence-corrected chi connectivity index (χ0v) is 14.2. The van der Waals surface area contributed by atoms with Gasteiger partial charge in [0.05, 0.1) is 0 Å². The van der Waals surface area contributed by atoms with Gasteiger partial charge in [0.2, 0.25) is 5.91 Å². The number of carbonyl (C=O) groups excluding carboxylic acids is 1. The van der Waals surface area contributed by atoms with Crippen molar-refractivity contribution in [2.45, 2.75) is 31.7 Å². The predicted molar refractivity (Wildman–Crippen MR) is 91.2 cm³/mol. The third kappa shape index (κ3) is 4.02. The minimum atomic E-state index is -0.625. The van der Waals surface area contributed by atoms with Crippen LogP contribution in [0.4, 0.5) is 4.39 Å². The van der Waals surface area contributed by atoms with Crippen LogP contribution >= 0.6 is 0 Å². The first kappa shape index (κ1) is 17.5. The van der Waals surface area contributed by atoms with Crippen LogP contribution in [0, 0.1) is 11.7 Å². The lowest BCUT2D eigenvalue weighted by Crippen LogP contribution is -2.52. The number of ether oxygens (including phenoxy) is 1. The summed E-state index contributed by atoms with van der Waals surface area (Å²) in [6.07, 6.45) is 4.94. The number of nitrogens with one attached hydrogen (secondary N) is 1. The average molecular weight is 343 g/mol. The van der Waals surface area contributed by atoms with Crippen molar-refractivity contribution in [3.05, 3.63) is 59.9 Å². The Labute approximate surface area is 146 Å². The summed E-state index contributed by atoms with van der Waals surface area (Å²) in [4.78, 5) is 21.5. The highest BCUT2D eigenvalue weighted by Crippen LogP contribution is 2.30. The average Bonchev–Trinajstić information content (AvgIpc) is 2.65. The predicted octanol–water partition coefficient (Wildman–Crippen LogP) is 2.62. The normalized spacial score (nSPS) is 17.7. The number of amides is 1. The number of carbonyl (C=O) groups is 1. The Morgan fingerprint density at radius 1 is 1.24 bits per heavy atom. The first-order valence-corrected chi connectivity index (χ1v) is 8.51. The monoisotopic (exact) mass is 343 g/mol. The van der Waals surface area contributed by atoms with Crippen molar-refractivity contribution >= 4 is 5.91 Å². The second-order valence-corrected chi connectivity index (χ2v) is 6.45. The molecule has 1 aromatic carbocycles. The number of hydrogen-bond acceptors (Lipinski definition) is 4. The van der Waals surface area contributed by atoms with Crippen LogP contribution in [-0.4, -0.2) is 29.1 Å². The van der Waals surface area contributed by atoms with E-state index in [1.807, 2.05) is 0 Å². The summed E-state index contributed by atoms with van der Waals surface area (Å²) in [6.45, 7) is 2.89. The molecule has 1 saturated heterocycles. The fraction of sp³-hybridized carbons (Fsp3) is 0.421. The minimum Gasteiger partial charge on any atom is -0.381 e. The van der Waals surface area contributed by atoms with Crippen LogP contribution in [0.5, 0.6) is 0 Å². The Morgan fingerprint density at radius 3 is 2.60 bits per heavy atom. The van der Waals surface area contributed by atoms with Crippen molar-refractivity contribution in [2.24, 2.45) is 5.92 Å². The number of benzene rings is 1. The standard InChI is InChI=1S/C19H22FN3O2/c1-14(13-15-5-2-3-6-16(15)20)17(24)23-19(7-11-25-12-8-19)18-21-9-4-10-22-18/h2-6,9-10,14H,7-8,11-13H2,1H3,(H,23,24). The van der Waals surface area contributed by atoms with Crippen LogP contribution in [0.1, 0.15) is 31.2 Å². The van der Waals surface area contributed by atoms with Crippen molar-refractivity contribution in [3.8, 4) is 0 Å². The van der Waals surface area contributed by atoms with E-state index in [4.69, 9.17) is 4.74 Å². The SMILES string of the molecule is CC(Cc1ccccc1F)C(=O)NC1(c2ncccn2)CCOCC1. The third-order valence-electron chi connectivity index (χ3n) is 4.63. The molecule has 6 heteroatoms. The van der Waals surface area contributed by atoms with E-state index >= 15 is 0 Å². The molecule has 1 fully saturated rings. The van der Waals surface area contributed by atoms with Gasteiger partial charge in [0.25, 0.3) is 0 Å². The van der Waals surface area contributed by atoms with Gasteiger partial charge in [0, 0.05) is 44.4 Å². The molecule has 0 spiro atoms. The maximum atomic E-state index is 13.8. The van der Waals surface area contributed by atoms with E-state index in [1.54, 1.807) is 43.6 Å². The number of aromatic nitrogens is 2. The molecule has 1 N–H and O–H groups in total. The third-order valence-corrected chi connectivity index (χ3v) is 4.63. The number of hydrogen-bond donors (Lipinski definition) is 1.